The average Bonchev–Trinajstić information content (AvgIpc) is 4.11. The number of benzene rings is 10. The second-order valence-electron chi connectivity index (χ2n) is 16.6. The van der Waals surface area contributed by atoms with Gasteiger partial charge in [-0.05, 0) is 109 Å². The van der Waals surface area contributed by atoms with Gasteiger partial charge in [-0.15, -0.1) is 0 Å². The zero-order valence-electron chi connectivity index (χ0n) is 35.9. The summed E-state index contributed by atoms with van der Waals surface area (Å²) in [6.45, 7) is 0. The Morgan fingerprint density at radius 3 is 1.07 bits per heavy atom. The molecule has 4 nitrogen and oxygen atoms in total. The molecule has 4 aromatic heterocycles. The Balaban J connectivity index is 0.000000116. The Morgan fingerprint density at radius 1 is 0.239 bits per heavy atom. The Morgan fingerprint density at radius 2 is 0.582 bits per heavy atom. The Kier molecular flexibility index (Phi) is 10.6. The van der Waals surface area contributed by atoms with Crippen molar-refractivity contribution in [2.24, 2.45) is 0 Å². The van der Waals surface area contributed by atoms with E-state index in [9.17, 15) is 0 Å². The summed E-state index contributed by atoms with van der Waals surface area (Å²) >= 11 is 10.7. The van der Waals surface area contributed by atoms with E-state index in [2.05, 4.69) is 291 Å². The molecule has 14 rings (SSSR count). The predicted octanol–water partition coefficient (Wildman–Crippen LogP) is 18.3. The molecule has 0 aliphatic carbocycles. The van der Waals surface area contributed by atoms with E-state index < -0.39 is 0 Å². The van der Waals surface area contributed by atoms with E-state index in [4.69, 9.17) is 0 Å². The zero-order chi connectivity index (χ0) is 45.0. The van der Waals surface area contributed by atoms with Crippen molar-refractivity contribution in [1.82, 2.24) is 18.7 Å². The molecule has 320 valence electrons. The minimum Gasteiger partial charge on any atom is -0.355 e. The molecule has 0 atom stereocenters. The van der Waals surface area contributed by atoms with E-state index in [1.807, 2.05) is 6.07 Å². The summed E-state index contributed by atoms with van der Waals surface area (Å²) < 4.78 is 10.4. The van der Waals surface area contributed by atoms with Crippen LogP contribution in [0.1, 0.15) is 0 Å². The van der Waals surface area contributed by atoms with Gasteiger partial charge in [0.15, 0.2) is 0 Å². The summed E-state index contributed by atoms with van der Waals surface area (Å²) in [4.78, 5) is 3.38. The van der Waals surface area contributed by atoms with Crippen molar-refractivity contribution in [1.29, 1.82) is 0 Å². The van der Waals surface area contributed by atoms with E-state index in [-0.39, 0.29) is 0 Å². The van der Waals surface area contributed by atoms with Gasteiger partial charge < -0.3 is 18.7 Å². The van der Waals surface area contributed by atoms with Crippen molar-refractivity contribution in [2.45, 2.75) is 0 Å². The maximum atomic E-state index is 3.65. The first-order valence-electron chi connectivity index (χ1n) is 22.2. The maximum absolute atomic E-state index is 3.65. The molecule has 4 heterocycles. The second-order valence-corrected chi connectivity index (χ2v) is 19.4. The van der Waals surface area contributed by atoms with Crippen LogP contribution >= 0.6 is 47.8 Å². The Bertz CT molecular complexity index is 4060. The molecule has 14 aromatic rings. The van der Waals surface area contributed by atoms with Crippen molar-refractivity contribution in [3.05, 3.63) is 244 Å². The first kappa shape index (κ1) is 41.3. The average molecular weight is 1060 g/mol. The SMILES string of the molecule is Brc1ccc2[nH]c3ccccc3c2c1.Brc1ccc2c(c1)c1ccccc1n2-c1cccc(-n2c3ccccc3c3ccccc32)c1.Brc1cccc(-n2c3ccccc3c3ccccc32)c1. The van der Waals surface area contributed by atoms with Gasteiger partial charge in [-0.2, -0.15) is 0 Å². The second kappa shape index (κ2) is 17.2. The highest BCUT2D eigenvalue weighted by Gasteiger charge is 2.16. The molecule has 1 N–H and O–H groups in total. The lowest BCUT2D eigenvalue weighted by Gasteiger charge is -2.12. The maximum Gasteiger partial charge on any atom is 0.0541 e. The number of fused-ring (bicyclic) bond motifs is 12. The molecule has 0 aliphatic rings. The highest BCUT2D eigenvalue weighted by Crippen LogP contribution is 2.37. The molecular formula is C60H39Br3N4. The Labute approximate surface area is 411 Å². The molecule has 0 aliphatic heterocycles. The van der Waals surface area contributed by atoms with Crippen LogP contribution in [0.2, 0.25) is 0 Å². The summed E-state index contributed by atoms with van der Waals surface area (Å²) in [5.74, 6) is 0. The van der Waals surface area contributed by atoms with Crippen LogP contribution in [0.15, 0.2) is 244 Å². The van der Waals surface area contributed by atoms with Crippen molar-refractivity contribution in [3.8, 4) is 17.1 Å². The fourth-order valence-corrected chi connectivity index (χ4v) is 10.9. The standard InChI is InChI=1S/C30H19BrN2.C18H12BrN.C12H8BrN/c31-20-16-17-30-26(18-20)25-12-3-6-15-29(25)33(30)22-9-7-8-21(19-22)32-27-13-4-1-10-23(27)24-11-2-5-14-28(24)32;19-13-6-5-7-14(12-13)20-17-10-3-1-8-15(17)16-9-2-4-11-18(16)20;13-8-5-6-12-10(7-8)9-3-1-2-4-11(9)14-12/h1-19H;1-12H;1-7,14H. The first-order chi connectivity index (χ1) is 33.0. The fourth-order valence-electron chi connectivity index (χ4n) is 9.83. The number of nitrogens with zero attached hydrogens (tertiary/aromatic N) is 3. The molecular weight excluding hydrogens is 1020 g/mol. The Hall–Kier alpha value is -7.16. The number of halogens is 3. The molecule has 7 heteroatoms. The smallest absolute Gasteiger partial charge is 0.0541 e. The third-order valence-electron chi connectivity index (χ3n) is 12.7. The molecule has 0 saturated heterocycles. The van der Waals surface area contributed by atoms with Gasteiger partial charge in [0.05, 0.1) is 33.1 Å². The van der Waals surface area contributed by atoms with Gasteiger partial charge in [0.2, 0.25) is 0 Å². The fraction of sp³-hybridized carbons (Fsp3) is 0. The van der Waals surface area contributed by atoms with Crippen molar-refractivity contribution in [2.75, 3.05) is 0 Å². The van der Waals surface area contributed by atoms with Crippen LogP contribution in [0, 0.1) is 0 Å². The molecule has 0 spiro atoms. The van der Waals surface area contributed by atoms with Crippen LogP contribution < -0.4 is 0 Å². The summed E-state index contributed by atoms with van der Waals surface area (Å²) in [6.07, 6.45) is 0. The topological polar surface area (TPSA) is 30.6 Å². The third kappa shape index (κ3) is 7.35. The predicted molar refractivity (Wildman–Crippen MR) is 295 cm³/mol. The van der Waals surface area contributed by atoms with E-state index in [1.165, 1.54) is 92.9 Å². The number of rotatable bonds is 3. The number of para-hydroxylation sites is 6. The molecule has 0 amide bonds. The number of hydrogen-bond acceptors (Lipinski definition) is 0. The lowest BCUT2D eigenvalue weighted by Crippen LogP contribution is -1.98. The van der Waals surface area contributed by atoms with Crippen molar-refractivity contribution < 1.29 is 0 Å². The first-order valence-corrected chi connectivity index (χ1v) is 24.5. The lowest BCUT2D eigenvalue weighted by atomic mass is 10.2. The van der Waals surface area contributed by atoms with Crippen LogP contribution in [0.3, 0.4) is 0 Å². The van der Waals surface area contributed by atoms with Gasteiger partial charge in [0.1, 0.15) is 0 Å². The largest absolute Gasteiger partial charge is 0.355 e. The van der Waals surface area contributed by atoms with Gasteiger partial charge in [-0.3, -0.25) is 0 Å². The number of H-pyrrole nitrogens is 1. The molecule has 0 radical (unpaired) electrons. The number of aromatic nitrogens is 4. The van der Waals surface area contributed by atoms with Crippen LogP contribution in [-0.2, 0) is 0 Å². The number of aromatic amines is 1. The summed E-state index contributed by atoms with van der Waals surface area (Å²) in [5.41, 5.74) is 13.2. The molecule has 10 aromatic carbocycles. The van der Waals surface area contributed by atoms with E-state index in [0.717, 1.165) is 24.8 Å². The highest BCUT2D eigenvalue weighted by molar-refractivity contribution is 9.11. The summed E-state index contributed by atoms with van der Waals surface area (Å²) in [7, 11) is 0. The monoisotopic (exact) mass is 1050 g/mol. The molecule has 0 bridgehead atoms. The van der Waals surface area contributed by atoms with Crippen LogP contribution in [-0.4, -0.2) is 18.7 Å². The zero-order valence-corrected chi connectivity index (χ0v) is 40.7. The quantitative estimate of drug-likeness (QED) is 0.183. The van der Waals surface area contributed by atoms with Gasteiger partial charge in [0.25, 0.3) is 0 Å². The number of nitrogens with one attached hydrogen (secondary N) is 1. The summed E-state index contributed by atoms with van der Waals surface area (Å²) in [5, 5.41) is 10.2. The van der Waals surface area contributed by atoms with E-state index in [1.54, 1.807) is 0 Å². The van der Waals surface area contributed by atoms with Gasteiger partial charge in [-0.25, -0.2) is 0 Å². The molecule has 67 heavy (non-hydrogen) atoms. The van der Waals surface area contributed by atoms with Gasteiger partial charge in [-0.1, -0.05) is 169 Å². The van der Waals surface area contributed by atoms with Crippen molar-refractivity contribution in [3.63, 3.8) is 0 Å². The third-order valence-corrected chi connectivity index (χ3v) is 14.2. The molecule has 0 saturated carbocycles. The minimum atomic E-state index is 1.09. The van der Waals surface area contributed by atoms with Crippen LogP contribution in [0.4, 0.5) is 0 Å². The lowest BCUT2D eigenvalue weighted by molar-refractivity contribution is 1.13. The van der Waals surface area contributed by atoms with E-state index >= 15 is 0 Å². The van der Waals surface area contributed by atoms with Gasteiger partial charge >= 0.3 is 0 Å². The normalized spacial score (nSPS) is 11.5. The van der Waals surface area contributed by atoms with Gasteiger partial charge in [0, 0.05) is 84.6 Å². The summed E-state index contributed by atoms with van der Waals surface area (Å²) in [6, 6.07) is 81.5. The van der Waals surface area contributed by atoms with E-state index in [0.29, 0.717) is 0 Å². The van der Waals surface area contributed by atoms with Crippen LogP contribution in [0.25, 0.3) is 104 Å². The molecule has 0 unspecified atom stereocenters. The minimum absolute atomic E-state index is 1.09. The highest BCUT2D eigenvalue weighted by atomic mass is 79.9. The van der Waals surface area contributed by atoms with Crippen LogP contribution in [0.5, 0.6) is 0 Å². The number of hydrogen-bond donors (Lipinski definition) is 1. The molecule has 0 fully saturated rings. The van der Waals surface area contributed by atoms with Crippen molar-refractivity contribution >= 4 is 135 Å².